The normalized spacial score (nSPS) is 17.8. The number of thioether (sulfide) groups is 1. The molecule has 0 saturated carbocycles. The van der Waals surface area contributed by atoms with Crippen molar-refractivity contribution in [3.05, 3.63) is 82.8 Å². The number of nitrogens with one attached hydrogen (secondary N) is 3. The van der Waals surface area contributed by atoms with E-state index in [4.69, 9.17) is 11.1 Å². The third-order valence-electron chi connectivity index (χ3n) is 6.63. The number of aliphatic hydroxyl groups excluding tert-OH is 1. The van der Waals surface area contributed by atoms with Crippen LogP contribution in [-0.2, 0) is 15.5 Å². The average molecular weight is 616 g/mol. The topological polar surface area (TPSA) is 149 Å². The molecule has 4 rings (SSSR count). The Bertz CT molecular complexity index is 1370. The van der Waals surface area contributed by atoms with Crippen molar-refractivity contribution in [2.75, 3.05) is 19.3 Å². The number of amides is 3. The molecule has 1 aliphatic carbocycles. The van der Waals surface area contributed by atoms with Gasteiger partial charge in [0, 0.05) is 40.9 Å². The average Bonchev–Trinajstić information content (AvgIpc) is 3.42. The lowest BCUT2D eigenvalue weighted by atomic mass is 10.0. The Morgan fingerprint density at radius 2 is 1.88 bits per heavy atom. The second-order valence-corrected chi connectivity index (χ2v) is 10.9. The van der Waals surface area contributed by atoms with Crippen LogP contribution in [0.4, 0.5) is 8.78 Å². The van der Waals surface area contributed by atoms with Gasteiger partial charge in [-0.15, -0.1) is 11.8 Å². The van der Waals surface area contributed by atoms with E-state index in [1.54, 1.807) is 29.7 Å². The SMILES string of the molecule is C=C/C(=C\SC)C(=N)N.CC(C)NC=O.CC1C[C@@H](O)CN1C(=O)CNC(=O)c1ccc2c(c1)-c1ccccc1C2(F)F. The number of carbonyl (C=O) groups is 3. The first-order valence-corrected chi connectivity index (χ1v) is 14.8. The van der Waals surface area contributed by atoms with Gasteiger partial charge in [0.05, 0.1) is 12.6 Å². The Labute approximate surface area is 255 Å². The molecule has 0 radical (unpaired) electrons. The zero-order valence-corrected chi connectivity index (χ0v) is 25.5. The second-order valence-electron chi connectivity index (χ2n) is 10.2. The van der Waals surface area contributed by atoms with E-state index in [1.165, 1.54) is 40.9 Å². The van der Waals surface area contributed by atoms with Crippen LogP contribution < -0.4 is 16.4 Å². The van der Waals surface area contributed by atoms with E-state index in [2.05, 4.69) is 17.2 Å². The van der Waals surface area contributed by atoms with Crippen molar-refractivity contribution < 1.29 is 28.3 Å². The summed E-state index contributed by atoms with van der Waals surface area (Å²) in [5.74, 6) is -3.81. The van der Waals surface area contributed by atoms with E-state index in [1.807, 2.05) is 27.0 Å². The summed E-state index contributed by atoms with van der Waals surface area (Å²) in [6.07, 6.45) is 4.14. The van der Waals surface area contributed by atoms with Crippen LogP contribution in [0, 0.1) is 5.41 Å². The maximum absolute atomic E-state index is 14.6. The van der Waals surface area contributed by atoms with Crippen molar-refractivity contribution in [3.8, 4) is 11.1 Å². The fourth-order valence-electron chi connectivity index (χ4n) is 4.51. The number of fused-ring (bicyclic) bond motifs is 3. The van der Waals surface area contributed by atoms with Gasteiger partial charge in [-0.25, -0.2) is 0 Å². The summed E-state index contributed by atoms with van der Waals surface area (Å²) in [5.41, 5.74) is 6.61. The number of nitrogens with two attached hydrogens (primary N) is 1. The van der Waals surface area contributed by atoms with Gasteiger partial charge in [-0.2, -0.15) is 8.78 Å². The van der Waals surface area contributed by atoms with E-state index < -0.39 is 17.9 Å². The number of hydrogen-bond donors (Lipinski definition) is 5. The van der Waals surface area contributed by atoms with Crippen LogP contribution in [0.5, 0.6) is 0 Å². The summed E-state index contributed by atoms with van der Waals surface area (Å²) in [4.78, 5) is 35.8. The first-order chi connectivity index (χ1) is 20.3. The fraction of sp³-hybridized carbons (Fsp3) is 0.355. The van der Waals surface area contributed by atoms with Crippen LogP contribution in [0.2, 0.25) is 0 Å². The van der Waals surface area contributed by atoms with E-state index in [9.17, 15) is 28.3 Å². The highest BCUT2D eigenvalue weighted by Crippen LogP contribution is 2.50. The van der Waals surface area contributed by atoms with Gasteiger partial charge in [-0.3, -0.25) is 19.8 Å². The molecule has 12 heteroatoms. The molecule has 1 aliphatic heterocycles. The van der Waals surface area contributed by atoms with Gasteiger partial charge >= 0.3 is 0 Å². The summed E-state index contributed by atoms with van der Waals surface area (Å²) in [5, 5.41) is 23.5. The maximum Gasteiger partial charge on any atom is 0.299 e. The highest BCUT2D eigenvalue weighted by Gasteiger charge is 2.44. The largest absolute Gasteiger partial charge is 0.391 e. The van der Waals surface area contributed by atoms with Gasteiger partial charge in [-0.05, 0) is 62.1 Å². The number of alkyl halides is 2. The highest BCUT2D eigenvalue weighted by molar-refractivity contribution is 8.01. The minimum Gasteiger partial charge on any atom is -0.391 e. The summed E-state index contributed by atoms with van der Waals surface area (Å²) < 4.78 is 29.2. The predicted molar refractivity (Wildman–Crippen MR) is 167 cm³/mol. The van der Waals surface area contributed by atoms with Crippen molar-refractivity contribution >= 4 is 35.8 Å². The summed E-state index contributed by atoms with van der Waals surface area (Å²) in [6, 6.07) is 10.5. The number of hydrogen-bond acceptors (Lipinski definition) is 6. The molecule has 232 valence electrons. The standard InChI is InChI=1S/C21H20F2N2O3.C6H10N2S.C4H9NO/c1-12-8-14(26)11-25(12)19(27)10-24-20(28)13-6-7-18-16(9-13)15-4-2-3-5-17(15)21(18,22)23;1-3-5(4-9-2)6(7)8;1-4(2)5-3-6/h2-7,9,12,14,26H,8,10-11H2,1H3,(H,24,28);3-4H,1H2,2H3,(H3,7,8);3-4H,1-2H3,(H,5,6)/b;5-4+;/t12?,14-;;/m1../s1. The minimum atomic E-state index is -3.09. The number of halogens is 2. The van der Waals surface area contributed by atoms with Crippen molar-refractivity contribution in [2.45, 2.75) is 51.3 Å². The Morgan fingerprint density at radius 1 is 1.23 bits per heavy atom. The molecule has 6 N–H and O–H groups in total. The molecule has 2 aromatic carbocycles. The molecule has 1 heterocycles. The zero-order valence-electron chi connectivity index (χ0n) is 24.7. The van der Waals surface area contributed by atoms with Crippen LogP contribution in [0.25, 0.3) is 11.1 Å². The molecule has 0 bridgehead atoms. The summed E-state index contributed by atoms with van der Waals surface area (Å²) >= 11 is 1.51. The maximum atomic E-state index is 14.6. The number of benzene rings is 2. The number of carbonyl (C=O) groups excluding carboxylic acids is 3. The molecule has 1 saturated heterocycles. The Kier molecular flexibility index (Phi) is 13.1. The van der Waals surface area contributed by atoms with Crippen molar-refractivity contribution in [3.63, 3.8) is 0 Å². The van der Waals surface area contributed by atoms with Crippen molar-refractivity contribution in [1.82, 2.24) is 15.5 Å². The quantitative estimate of drug-likeness (QED) is 0.131. The van der Waals surface area contributed by atoms with Crippen LogP contribution in [0.15, 0.2) is 66.1 Å². The number of rotatable bonds is 8. The second kappa shape index (κ2) is 16.0. The molecule has 2 atom stereocenters. The van der Waals surface area contributed by atoms with Crippen LogP contribution >= 0.6 is 11.8 Å². The molecular formula is C31H39F2N5O4S. The Hall–Kier alpha value is -4.03. The lowest BCUT2D eigenvalue weighted by Gasteiger charge is -2.21. The van der Waals surface area contributed by atoms with Gasteiger partial charge in [0.2, 0.25) is 12.3 Å². The molecule has 3 amide bonds. The lowest BCUT2D eigenvalue weighted by Crippen LogP contribution is -2.42. The number of amidine groups is 1. The third kappa shape index (κ3) is 9.23. The molecule has 9 nitrogen and oxygen atoms in total. The van der Waals surface area contributed by atoms with E-state index in [0.717, 1.165) is 0 Å². The molecule has 2 aromatic rings. The molecule has 0 spiro atoms. The minimum absolute atomic E-state index is 0.0688. The lowest BCUT2D eigenvalue weighted by molar-refractivity contribution is -0.130. The van der Waals surface area contributed by atoms with Gasteiger partial charge in [0.1, 0.15) is 5.84 Å². The zero-order chi connectivity index (χ0) is 32.3. The van der Waals surface area contributed by atoms with Crippen LogP contribution in [0.3, 0.4) is 0 Å². The van der Waals surface area contributed by atoms with Gasteiger partial charge < -0.3 is 26.4 Å². The number of β-amino-alcohol motifs (C(OH)–C–C–N with tert-alkyl or cyclic N) is 1. The summed E-state index contributed by atoms with van der Waals surface area (Å²) in [6.45, 7) is 9.20. The molecular weight excluding hydrogens is 576 g/mol. The first kappa shape index (κ1) is 35.2. The highest BCUT2D eigenvalue weighted by atomic mass is 32.2. The van der Waals surface area contributed by atoms with Crippen LogP contribution in [-0.4, -0.2) is 71.6 Å². The smallest absolute Gasteiger partial charge is 0.299 e. The third-order valence-corrected chi connectivity index (χ3v) is 7.12. The van der Waals surface area contributed by atoms with Crippen molar-refractivity contribution in [2.24, 2.45) is 5.73 Å². The van der Waals surface area contributed by atoms with E-state index in [0.29, 0.717) is 29.5 Å². The van der Waals surface area contributed by atoms with Gasteiger partial charge in [0.25, 0.3) is 11.8 Å². The molecule has 43 heavy (non-hydrogen) atoms. The monoisotopic (exact) mass is 615 g/mol. The van der Waals surface area contributed by atoms with Crippen LogP contribution in [0.1, 0.15) is 48.7 Å². The van der Waals surface area contributed by atoms with Gasteiger partial charge in [0.15, 0.2) is 0 Å². The molecule has 2 aliphatic rings. The molecule has 1 fully saturated rings. The van der Waals surface area contributed by atoms with E-state index in [-0.39, 0.29) is 53.6 Å². The Balaban J connectivity index is 0.000000357. The first-order valence-electron chi connectivity index (χ1n) is 13.6. The Morgan fingerprint density at radius 3 is 2.37 bits per heavy atom. The fourth-order valence-corrected chi connectivity index (χ4v) is 4.99. The van der Waals surface area contributed by atoms with Crippen molar-refractivity contribution in [1.29, 1.82) is 5.41 Å². The molecule has 1 unspecified atom stereocenters. The van der Waals surface area contributed by atoms with Gasteiger partial charge in [-0.1, -0.05) is 43.0 Å². The number of aliphatic hydroxyl groups is 1. The predicted octanol–water partition coefficient (Wildman–Crippen LogP) is 4.01. The van der Waals surface area contributed by atoms with E-state index >= 15 is 0 Å². The number of nitrogens with zero attached hydrogens (tertiary/aromatic N) is 1. The number of likely N-dealkylation sites (tertiary alicyclic amines) is 1. The summed E-state index contributed by atoms with van der Waals surface area (Å²) in [7, 11) is 0. The molecule has 0 aromatic heterocycles.